The zero-order chi connectivity index (χ0) is 14.0. The summed E-state index contributed by atoms with van der Waals surface area (Å²) >= 11 is 11.8. The Morgan fingerprint density at radius 1 is 1.00 bits per heavy atom. The van der Waals surface area contributed by atoms with Crippen LogP contribution in [0.1, 0.15) is 0 Å². The van der Waals surface area contributed by atoms with Gasteiger partial charge in [0.2, 0.25) is 0 Å². The lowest BCUT2D eigenvalue weighted by Gasteiger charge is -2.09. The maximum atomic E-state index is 13.3. The van der Waals surface area contributed by atoms with Crippen molar-refractivity contribution in [2.75, 3.05) is 0 Å². The number of hydrogen-bond acceptors (Lipinski definition) is 1. The molecule has 0 unspecified atom stereocenters. The van der Waals surface area contributed by atoms with E-state index in [0.717, 1.165) is 12.1 Å². The van der Waals surface area contributed by atoms with Gasteiger partial charge in [-0.1, -0.05) is 29.3 Å². The number of hydrogen-bond donors (Lipinski definition) is 0. The highest BCUT2D eigenvalue weighted by Gasteiger charge is 2.13. The molecule has 1 nitrogen and oxygen atoms in total. The highest BCUT2D eigenvalue weighted by molar-refractivity contribution is 6.35. The molecule has 2 rings (SSSR count). The molecule has 0 aromatic heterocycles. The summed E-state index contributed by atoms with van der Waals surface area (Å²) in [5.74, 6) is -1.41. The Morgan fingerprint density at radius 2 is 1.74 bits per heavy atom. The molecule has 0 fully saturated rings. The van der Waals surface area contributed by atoms with Crippen molar-refractivity contribution in [2.24, 2.45) is 0 Å². The van der Waals surface area contributed by atoms with Crippen LogP contribution in [0.15, 0.2) is 36.4 Å². The maximum absolute atomic E-state index is 13.3. The molecular weight excluding hydrogens is 300 g/mol. The zero-order valence-electron chi connectivity index (χ0n) is 9.34. The molecule has 0 aliphatic rings. The van der Waals surface area contributed by atoms with Gasteiger partial charge in [-0.15, -0.1) is 0 Å². The average molecular weight is 307 g/mol. The van der Waals surface area contributed by atoms with E-state index in [9.17, 15) is 13.2 Å². The smallest absolute Gasteiger partial charge is 0.387 e. The predicted molar refractivity (Wildman–Crippen MR) is 68.5 cm³/mol. The van der Waals surface area contributed by atoms with Gasteiger partial charge in [-0.25, -0.2) is 4.39 Å². The Bertz CT molecular complexity index is 602. The van der Waals surface area contributed by atoms with Gasteiger partial charge in [0, 0.05) is 15.6 Å². The quantitative estimate of drug-likeness (QED) is 0.737. The van der Waals surface area contributed by atoms with Gasteiger partial charge in [-0.3, -0.25) is 0 Å². The fourth-order valence-corrected chi connectivity index (χ4v) is 1.97. The lowest BCUT2D eigenvalue weighted by atomic mass is 10.1. The molecule has 0 heterocycles. The summed E-state index contributed by atoms with van der Waals surface area (Å²) in [6.07, 6.45) is 0. The number of benzene rings is 2. The van der Waals surface area contributed by atoms with Gasteiger partial charge >= 0.3 is 6.61 Å². The Labute approximate surface area is 117 Å². The summed E-state index contributed by atoms with van der Waals surface area (Å²) in [5, 5.41) is 0.805. The standard InChI is InChI=1S/C13H7Cl2F3O/c14-8-2-3-10(15)9(6-8)7-1-4-11(16)12(5-7)19-13(17)18/h1-6,13H. The van der Waals surface area contributed by atoms with Gasteiger partial charge < -0.3 is 4.74 Å². The van der Waals surface area contributed by atoms with Crippen LogP contribution in [-0.2, 0) is 0 Å². The minimum atomic E-state index is -3.10. The van der Waals surface area contributed by atoms with Crippen LogP contribution in [0.2, 0.25) is 10.0 Å². The lowest BCUT2D eigenvalue weighted by Crippen LogP contribution is -2.03. The normalized spacial score (nSPS) is 10.8. The molecule has 100 valence electrons. The van der Waals surface area contributed by atoms with E-state index in [-0.39, 0.29) is 0 Å². The second-order valence-electron chi connectivity index (χ2n) is 3.65. The zero-order valence-corrected chi connectivity index (χ0v) is 10.9. The van der Waals surface area contributed by atoms with Crippen LogP contribution >= 0.6 is 23.2 Å². The van der Waals surface area contributed by atoms with Gasteiger partial charge in [0.25, 0.3) is 0 Å². The molecule has 19 heavy (non-hydrogen) atoms. The summed E-state index contributed by atoms with van der Waals surface area (Å²) in [5.41, 5.74) is 0.942. The Kier molecular flexibility index (Phi) is 4.22. The van der Waals surface area contributed by atoms with Crippen LogP contribution in [-0.4, -0.2) is 6.61 Å². The molecule has 0 bridgehead atoms. The van der Waals surface area contributed by atoms with Crippen LogP contribution in [0, 0.1) is 5.82 Å². The highest BCUT2D eigenvalue weighted by atomic mass is 35.5. The SMILES string of the molecule is Fc1ccc(-c2cc(Cl)ccc2Cl)cc1OC(F)F. The van der Waals surface area contributed by atoms with Gasteiger partial charge in [0.1, 0.15) is 0 Å². The Hall–Kier alpha value is -1.39. The third kappa shape index (κ3) is 3.33. The second-order valence-corrected chi connectivity index (χ2v) is 4.49. The molecule has 0 saturated heterocycles. The first-order valence-corrected chi connectivity index (χ1v) is 5.93. The largest absolute Gasteiger partial charge is 0.432 e. The molecule has 0 aliphatic heterocycles. The highest BCUT2D eigenvalue weighted by Crippen LogP contribution is 2.33. The van der Waals surface area contributed by atoms with E-state index in [0.29, 0.717) is 21.2 Å². The molecule has 2 aromatic carbocycles. The molecule has 0 aliphatic carbocycles. The second kappa shape index (κ2) is 5.72. The van der Waals surface area contributed by atoms with Crippen molar-refractivity contribution in [3.8, 4) is 16.9 Å². The van der Waals surface area contributed by atoms with E-state index < -0.39 is 18.2 Å². The molecule has 0 atom stereocenters. The molecule has 0 N–H and O–H groups in total. The summed E-state index contributed by atoms with van der Waals surface area (Å²) in [4.78, 5) is 0. The third-order valence-electron chi connectivity index (χ3n) is 2.39. The number of alkyl halides is 2. The van der Waals surface area contributed by atoms with Crippen LogP contribution in [0.3, 0.4) is 0 Å². The fourth-order valence-electron chi connectivity index (χ4n) is 1.58. The number of ether oxygens (including phenoxy) is 1. The summed E-state index contributed by atoms with van der Waals surface area (Å²) in [7, 11) is 0. The topological polar surface area (TPSA) is 9.23 Å². The molecule has 0 saturated carbocycles. The van der Waals surface area contributed by atoms with Gasteiger partial charge in [0.05, 0.1) is 0 Å². The van der Waals surface area contributed by atoms with E-state index in [2.05, 4.69) is 4.74 Å². The third-order valence-corrected chi connectivity index (χ3v) is 2.95. The average Bonchev–Trinajstić information content (AvgIpc) is 2.34. The van der Waals surface area contributed by atoms with E-state index >= 15 is 0 Å². The summed E-state index contributed by atoms with van der Waals surface area (Å²) in [6, 6.07) is 8.31. The summed E-state index contributed by atoms with van der Waals surface area (Å²) < 4.78 is 41.7. The van der Waals surface area contributed by atoms with Gasteiger partial charge in [-0.2, -0.15) is 8.78 Å². The Balaban J connectivity index is 2.48. The molecule has 6 heteroatoms. The van der Waals surface area contributed by atoms with Crippen molar-refractivity contribution in [3.63, 3.8) is 0 Å². The first-order valence-electron chi connectivity index (χ1n) is 5.17. The van der Waals surface area contributed by atoms with Crippen LogP contribution in [0.5, 0.6) is 5.75 Å². The van der Waals surface area contributed by atoms with Crippen molar-refractivity contribution < 1.29 is 17.9 Å². The molecule has 2 aromatic rings. The van der Waals surface area contributed by atoms with Crippen molar-refractivity contribution in [1.29, 1.82) is 0 Å². The van der Waals surface area contributed by atoms with Crippen molar-refractivity contribution in [2.45, 2.75) is 6.61 Å². The minimum absolute atomic E-state index is 0.374. The minimum Gasteiger partial charge on any atom is -0.432 e. The van der Waals surface area contributed by atoms with Crippen LogP contribution in [0.25, 0.3) is 11.1 Å². The first kappa shape index (κ1) is 14.0. The van der Waals surface area contributed by atoms with Crippen LogP contribution in [0.4, 0.5) is 13.2 Å². The van der Waals surface area contributed by atoms with Crippen molar-refractivity contribution in [3.05, 3.63) is 52.3 Å². The van der Waals surface area contributed by atoms with E-state index in [4.69, 9.17) is 23.2 Å². The summed E-state index contributed by atoms with van der Waals surface area (Å²) in [6.45, 7) is -3.10. The van der Waals surface area contributed by atoms with Crippen molar-refractivity contribution in [1.82, 2.24) is 0 Å². The van der Waals surface area contributed by atoms with Crippen LogP contribution < -0.4 is 4.74 Å². The van der Waals surface area contributed by atoms with Crippen molar-refractivity contribution >= 4 is 23.2 Å². The van der Waals surface area contributed by atoms with Gasteiger partial charge in [0.15, 0.2) is 11.6 Å². The Morgan fingerprint density at radius 3 is 2.42 bits per heavy atom. The number of halogens is 5. The van der Waals surface area contributed by atoms with E-state index in [1.165, 1.54) is 6.07 Å². The molecule has 0 radical (unpaired) electrons. The van der Waals surface area contributed by atoms with Gasteiger partial charge in [-0.05, 0) is 35.9 Å². The predicted octanol–water partition coefficient (Wildman–Crippen LogP) is 5.40. The first-order chi connectivity index (χ1) is 8.97. The molecule has 0 amide bonds. The fraction of sp³-hybridized carbons (Fsp3) is 0.0769. The number of rotatable bonds is 3. The monoisotopic (exact) mass is 306 g/mol. The lowest BCUT2D eigenvalue weighted by molar-refractivity contribution is -0.0521. The van der Waals surface area contributed by atoms with E-state index in [1.807, 2.05) is 0 Å². The van der Waals surface area contributed by atoms with E-state index in [1.54, 1.807) is 18.2 Å². The molecular formula is C13H7Cl2F3O. The maximum Gasteiger partial charge on any atom is 0.387 e. The molecule has 0 spiro atoms.